The monoisotopic (exact) mass is 344 g/mol. The fourth-order valence-corrected chi connectivity index (χ4v) is 2.89. The van der Waals surface area contributed by atoms with E-state index in [0.29, 0.717) is 16.0 Å². The second-order valence-electron chi connectivity index (χ2n) is 4.54. The van der Waals surface area contributed by atoms with Crippen molar-refractivity contribution in [1.82, 2.24) is 4.90 Å². The third kappa shape index (κ3) is 3.12. The molecule has 0 spiro atoms. The first-order chi connectivity index (χ1) is 9.00. The molecule has 0 aliphatic carbocycles. The summed E-state index contributed by atoms with van der Waals surface area (Å²) in [6.07, 6.45) is 2.62. The second kappa shape index (κ2) is 5.96. The molecule has 1 atom stereocenters. The van der Waals surface area contributed by atoms with Gasteiger partial charge in [-0.2, -0.15) is 0 Å². The minimum atomic E-state index is -0.527. The zero-order valence-electron chi connectivity index (χ0n) is 10.2. The number of amides is 1. The summed E-state index contributed by atoms with van der Waals surface area (Å²) in [6, 6.07) is 4.06. The molecule has 1 unspecified atom stereocenters. The molecule has 102 valence electrons. The van der Waals surface area contributed by atoms with Crippen LogP contribution in [0.2, 0.25) is 0 Å². The van der Waals surface area contributed by atoms with Gasteiger partial charge in [-0.3, -0.25) is 4.79 Å². The Morgan fingerprint density at radius 3 is 2.89 bits per heavy atom. The number of likely N-dealkylation sites (tertiary alicyclic amines) is 1. The Labute approximate surface area is 125 Å². The summed E-state index contributed by atoms with van der Waals surface area (Å²) in [5, 5.41) is 0. The molecule has 0 radical (unpaired) electrons. The number of nitrogens with two attached hydrogens (primary N) is 1. The molecule has 2 N–H and O–H groups in total. The Kier molecular flexibility index (Phi) is 4.52. The summed E-state index contributed by atoms with van der Waals surface area (Å²) in [5.74, 6) is -0.878. The van der Waals surface area contributed by atoms with Crippen molar-refractivity contribution in [1.29, 1.82) is 0 Å². The topological polar surface area (TPSA) is 46.3 Å². The van der Waals surface area contributed by atoms with Gasteiger partial charge in [0.1, 0.15) is 5.82 Å². The molecule has 6 heteroatoms. The molecule has 0 aromatic heterocycles. The molecule has 1 aromatic rings. The second-order valence-corrected chi connectivity index (χ2v) is 5.92. The third-order valence-corrected chi connectivity index (χ3v) is 4.02. The van der Waals surface area contributed by atoms with E-state index in [0.717, 1.165) is 19.3 Å². The van der Waals surface area contributed by atoms with E-state index in [1.54, 1.807) is 11.0 Å². The Morgan fingerprint density at radius 2 is 2.21 bits per heavy atom. The molecule has 1 saturated heterocycles. The van der Waals surface area contributed by atoms with Gasteiger partial charge in [-0.05, 0) is 37.5 Å². The van der Waals surface area contributed by atoms with Gasteiger partial charge >= 0.3 is 0 Å². The average Bonchev–Trinajstić information content (AvgIpc) is 2.40. The number of thiocarbonyl (C=S) groups is 1. The van der Waals surface area contributed by atoms with E-state index in [2.05, 4.69) is 15.9 Å². The number of rotatable bonds is 2. The van der Waals surface area contributed by atoms with Crippen LogP contribution in [0.25, 0.3) is 0 Å². The molecule has 1 fully saturated rings. The molecule has 1 heterocycles. The van der Waals surface area contributed by atoms with E-state index in [-0.39, 0.29) is 17.5 Å². The number of halogens is 2. The standard InChI is InChI=1S/C13H14BrFN2OS/c14-8-4-5-10(15)9(7-8)13(18)17-6-2-1-3-11(17)12(16)19/h4-5,7,11H,1-3,6H2,(H2,16,19). The first-order valence-corrected chi connectivity index (χ1v) is 7.26. The normalized spacial score (nSPS) is 19.3. The lowest BCUT2D eigenvalue weighted by atomic mass is 10.0. The summed E-state index contributed by atoms with van der Waals surface area (Å²) in [7, 11) is 0. The van der Waals surface area contributed by atoms with Crippen LogP contribution in [0.3, 0.4) is 0 Å². The van der Waals surface area contributed by atoms with Gasteiger partial charge in [0.15, 0.2) is 0 Å². The molecule has 1 amide bonds. The number of benzene rings is 1. The van der Waals surface area contributed by atoms with Crippen molar-refractivity contribution in [2.75, 3.05) is 6.54 Å². The van der Waals surface area contributed by atoms with Gasteiger partial charge in [0.2, 0.25) is 0 Å². The average molecular weight is 345 g/mol. The van der Waals surface area contributed by atoms with E-state index >= 15 is 0 Å². The summed E-state index contributed by atoms with van der Waals surface area (Å²) in [4.78, 5) is 14.3. The molecule has 0 bridgehead atoms. The lowest BCUT2D eigenvalue weighted by Crippen LogP contribution is -2.50. The number of piperidine rings is 1. The molecule has 1 aliphatic rings. The molecule has 0 saturated carbocycles. The predicted molar refractivity (Wildman–Crippen MR) is 79.6 cm³/mol. The number of carbonyl (C=O) groups excluding carboxylic acids is 1. The molecule has 1 aliphatic heterocycles. The largest absolute Gasteiger partial charge is 0.392 e. The van der Waals surface area contributed by atoms with Crippen molar-refractivity contribution in [2.45, 2.75) is 25.3 Å². The minimum Gasteiger partial charge on any atom is -0.392 e. The van der Waals surface area contributed by atoms with Gasteiger partial charge in [0, 0.05) is 11.0 Å². The van der Waals surface area contributed by atoms with Crippen LogP contribution < -0.4 is 5.73 Å². The van der Waals surface area contributed by atoms with Gasteiger partial charge in [-0.25, -0.2) is 4.39 Å². The van der Waals surface area contributed by atoms with Crippen LogP contribution in [0.1, 0.15) is 29.6 Å². The van der Waals surface area contributed by atoms with E-state index in [1.165, 1.54) is 12.1 Å². The highest BCUT2D eigenvalue weighted by molar-refractivity contribution is 9.10. The maximum atomic E-state index is 13.8. The van der Waals surface area contributed by atoms with Crippen molar-refractivity contribution in [3.8, 4) is 0 Å². The van der Waals surface area contributed by atoms with E-state index in [1.807, 2.05) is 0 Å². The fraction of sp³-hybridized carbons (Fsp3) is 0.385. The Bertz CT molecular complexity index is 523. The van der Waals surface area contributed by atoms with E-state index in [9.17, 15) is 9.18 Å². The van der Waals surface area contributed by atoms with Crippen LogP contribution in [0.5, 0.6) is 0 Å². The lowest BCUT2D eigenvalue weighted by Gasteiger charge is -2.35. The first kappa shape index (κ1) is 14.4. The minimum absolute atomic E-state index is 0.0533. The van der Waals surface area contributed by atoms with E-state index in [4.69, 9.17) is 18.0 Å². The van der Waals surface area contributed by atoms with Gasteiger partial charge in [0.05, 0.1) is 16.6 Å². The van der Waals surface area contributed by atoms with Crippen LogP contribution in [0.15, 0.2) is 22.7 Å². The first-order valence-electron chi connectivity index (χ1n) is 6.06. The number of carbonyl (C=O) groups is 1. The molecular weight excluding hydrogens is 331 g/mol. The van der Waals surface area contributed by atoms with Gasteiger partial charge in [-0.1, -0.05) is 28.1 Å². The number of hydrogen-bond donors (Lipinski definition) is 1. The zero-order valence-corrected chi connectivity index (χ0v) is 12.6. The van der Waals surface area contributed by atoms with Crippen LogP contribution in [0.4, 0.5) is 4.39 Å². The maximum Gasteiger partial charge on any atom is 0.257 e. The maximum absolute atomic E-state index is 13.8. The summed E-state index contributed by atoms with van der Waals surface area (Å²) >= 11 is 8.25. The summed E-state index contributed by atoms with van der Waals surface area (Å²) in [5.41, 5.74) is 5.73. The van der Waals surface area contributed by atoms with Crippen LogP contribution in [-0.4, -0.2) is 28.4 Å². The Hall–Kier alpha value is -1.01. The van der Waals surface area contributed by atoms with Crippen LogP contribution in [0, 0.1) is 5.82 Å². The summed E-state index contributed by atoms with van der Waals surface area (Å²) < 4.78 is 14.4. The van der Waals surface area contributed by atoms with Crippen LogP contribution >= 0.6 is 28.1 Å². The fourth-order valence-electron chi connectivity index (χ4n) is 2.29. The Morgan fingerprint density at radius 1 is 1.47 bits per heavy atom. The van der Waals surface area contributed by atoms with E-state index < -0.39 is 5.82 Å². The Balaban J connectivity index is 2.31. The smallest absolute Gasteiger partial charge is 0.257 e. The molecule has 1 aromatic carbocycles. The molecular formula is C13H14BrFN2OS. The highest BCUT2D eigenvalue weighted by Crippen LogP contribution is 2.23. The van der Waals surface area contributed by atoms with Gasteiger partial charge in [-0.15, -0.1) is 0 Å². The number of nitrogens with zero attached hydrogens (tertiary/aromatic N) is 1. The van der Waals surface area contributed by atoms with Crippen LogP contribution in [-0.2, 0) is 0 Å². The molecule has 19 heavy (non-hydrogen) atoms. The van der Waals surface area contributed by atoms with Crippen molar-refractivity contribution in [3.05, 3.63) is 34.1 Å². The zero-order chi connectivity index (χ0) is 14.0. The van der Waals surface area contributed by atoms with Gasteiger partial charge in [0.25, 0.3) is 5.91 Å². The SMILES string of the molecule is NC(=S)C1CCCCN1C(=O)c1cc(Br)ccc1F. The molecule has 2 rings (SSSR count). The van der Waals surface area contributed by atoms with Crippen molar-refractivity contribution in [3.63, 3.8) is 0 Å². The quantitative estimate of drug-likeness (QED) is 0.839. The van der Waals surface area contributed by atoms with Crippen molar-refractivity contribution in [2.24, 2.45) is 5.73 Å². The highest BCUT2D eigenvalue weighted by Gasteiger charge is 2.30. The number of hydrogen-bond acceptors (Lipinski definition) is 2. The van der Waals surface area contributed by atoms with Crippen molar-refractivity contribution >= 4 is 39.0 Å². The highest BCUT2D eigenvalue weighted by atomic mass is 79.9. The summed E-state index contributed by atoms with van der Waals surface area (Å²) in [6.45, 7) is 0.562. The predicted octanol–water partition coefficient (Wildman–Crippen LogP) is 2.87. The van der Waals surface area contributed by atoms with Crippen molar-refractivity contribution < 1.29 is 9.18 Å². The lowest BCUT2D eigenvalue weighted by molar-refractivity contribution is 0.0676. The third-order valence-electron chi connectivity index (χ3n) is 3.25. The molecule has 3 nitrogen and oxygen atoms in total. The van der Waals surface area contributed by atoms with Gasteiger partial charge < -0.3 is 10.6 Å².